The Morgan fingerprint density at radius 1 is 1.00 bits per heavy atom. The lowest BCUT2D eigenvalue weighted by Crippen LogP contribution is -2.10. The van der Waals surface area contributed by atoms with Gasteiger partial charge in [0.05, 0.1) is 13.7 Å². The van der Waals surface area contributed by atoms with Crippen LogP contribution in [0.4, 0.5) is 0 Å². The van der Waals surface area contributed by atoms with Crippen LogP contribution < -0.4 is 4.74 Å². The molecule has 1 rings (SSSR count). The van der Waals surface area contributed by atoms with Crippen molar-refractivity contribution in [3.63, 3.8) is 0 Å². The first-order valence-corrected chi connectivity index (χ1v) is 8.55. The Kier molecular flexibility index (Phi) is 9.49. The maximum atomic E-state index is 11.5. The zero-order valence-corrected chi connectivity index (χ0v) is 14.5. The molecule has 0 fully saturated rings. The van der Waals surface area contributed by atoms with Gasteiger partial charge < -0.3 is 14.6 Å². The van der Waals surface area contributed by atoms with Gasteiger partial charge >= 0.3 is 11.9 Å². The lowest BCUT2D eigenvalue weighted by Gasteiger charge is -2.08. The van der Waals surface area contributed by atoms with Crippen molar-refractivity contribution in [2.75, 3.05) is 13.7 Å². The molecule has 0 aromatic carbocycles. The normalized spacial score (nSPS) is 10.4. The van der Waals surface area contributed by atoms with Gasteiger partial charge in [0.2, 0.25) is 0 Å². The number of unbranched alkanes of at least 4 members (excludes halogenated alkanes) is 7. The third kappa shape index (κ3) is 7.44. The number of carbonyl (C=O) groups excluding carboxylic acids is 1. The summed E-state index contributed by atoms with van der Waals surface area (Å²) in [5.74, 6) is -1.57. The second-order valence-corrected chi connectivity index (χ2v) is 5.69. The van der Waals surface area contributed by atoms with Crippen LogP contribution in [-0.2, 0) is 4.74 Å². The number of carboxylic acids is 1. The minimum absolute atomic E-state index is 0.0664. The molecule has 1 aromatic heterocycles. The summed E-state index contributed by atoms with van der Waals surface area (Å²) in [6.45, 7) is 2.69. The summed E-state index contributed by atoms with van der Waals surface area (Å²) in [6.07, 6.45) is 9.54. The monoisotopic (exact) mass is 337 g/mol. The number of nitrogens with zero attached hydrogens (tertiary/aromatic N) is 1. The average molecular weight is 337 g/mol. The first kappa shape index (κ1) is 19.9. The molecular weight excluding hydrogens is 310 g/mol. The van der Waals surface area contributed by atoms with E-state index >= 15 is 0 Å². The van der Waals surface area contributed by atoms with Crippen LogP contribution >= 0.6 is 0 Å². The van der Waals surface area contributed by atoms with Crippen molar-refractivity contribution in [3.8, 4) is 5.75 Å². The van der Waals surface area contributed by atoms with Gasteiger partial charge in [-0.05, 0) is 6.42 Å². The standard InChI is InChI=1S/C18H27NO5/c1-3-4-5-6-7-8-9-10-11-24-14-12-15(17(20)21)19-16(13-14)18(22)23-2/h12-13H,3-11H2,1-2H3,(H,20,21). The van der Waals surface area contributed by atoms with E-state index in [1.54, 1.807) is 0 Å². The Morgan fingerprint density at radius 3 is 2.17 bits per heavy atom. The van der Waals surface area contributed by atoms with Crippen molar-refractivity contribution in [1.29, 1.82) is 0 Å². The Balaban J connectivity index is 2.40. The number of rotatable bonds is 12. The van der Waals surface area contributed by atoms with Crippen LogP contribution in [0.2, 0.25) is 0 Å². The first-order chi connectivity index (χ1) is 11.6. The Bertz CT molecular complexity index is 530. The van der Waals surface area contributed by atoms with E-state index in [-0.39, 0.29) is 11.4 Å². The van der Waals surface area contributed by atoms with Gasteiger partial charge in [-0.2, -0.15) is 0 Å². The van der Waals surface area contributed by atoms with E-state index in [0.717, 1.165) is 12.8 Å². The van der Waals surface area contributed by atoms with Gasteiger partial charge in [0.15, 0.2) is 11.4 Å². The molecule has 0 atom stereocenters. The number of hydrogen-bond donors (Lipinski definition) is 1. The fourth-order valence-corrected chi connectivity index (χ4v) is 2.33. The molecule has 6 heteroatoms. The fourth-order valence-electron chi connectivity index (χ4n) is 2.33. The van der Waals surface area contributed by atoms with E-state index in [9.17, 15) is 9.59 Å². The van der Waals surface area contributed by atoms with E-state index in [1.165, 1.54) is 57.8 Å². The highest BCUT2D eigenvalue weighted by atomic mass is 16.5. The average Bonchev–Trinajstić information content (AvgIpc) is 2.59. The number of hydrogen-bond acceptors (Lipinski definition) is 5. The minimum atomic E-state index is -1.21. The second-order valence-electron chi connectivity index (χ2n) is 5.69. The molecule has 24 heavy (non-hydrogen) atoms. The third-order valence-corrected chi connectivity index (χ3v) is 3.68. The van der Waals surface area contributed by atoms with Crippen LogP contribution in [0.1, 0.15) is 79.3 Å². The molecule has 6 nitrogen and oxygen atoms in total. The highest BCUT2D eigenvalue weighted by Gasteiger charge is 2.15. The molecule has 0 saturated heterocycles. The SMILES string of the molecule is CCCCCCCCCCOc1cc(C(=O)O)nc(C(=O)OC)c1. The van der Waals surface area contributed by atoms with Crippen molar-refractivity contribution in [2.45, 2.75) is 58.3 Å². The van der Waals surface area contributed by atoms with Gasteiger partial charge in [0.25, 0.3) is 0 Å². The number of carbonyl (C=O) groups is 2. The van der Waals surface area contributed by atoms with Crippen LogP contribution in [-0.4, -0.2) is 35.7 Å². The highest BCUT2D eigenvalue weighted by Crippen LogP contribution is 2.16. The van der Waals surface area contributed by atoms with Crippen LogP contribution in [0.15, 0.2) is 12.1 Å². The topological polar surface area (TPSA) is 85.7 Å². The molecule has 0 aliphatic rings. The number of pyridine rings is 1. The van der Waals surface area contributed by atoms with Crippen LogP contribution in [0.3, 0.4) is 0 Å². The third-order valence-electron chi connectivity index (χ3n) is 3.68. The molecule has 1 heterocycles. The molecule has 0 bridgehead atoms. The smallest absolute Gasteiger partial charge is 0.356 e. The van der Waals surface area contributed by atoms with Gasteiger partial charge in [-0.25, -0.2) is 14.6 Å². The van der Waals surface area contributed by atoms with Gasteiger partial charge in [0.1, 0.15) is 5.75 Å². The van der Waals surface area contributed by atoms with Crippen LogP contribution in [0.5, 0.6) is 5.75 Å². The number of esters is 1. The molecule has 1 aromatic rings. The Hall–Kier alpha value is -2.11. The maximum absolute atomic E-state index is 11.5. The first-order valence-electron chi connectivity index (χ1n) is 8.55. The molecule has 0 saturated carbocycles. The van der Waals surface area contributed by atoms with Crippen LogP contribution in [0, 0.1) is 0 Å². The van der Waals surface area contributed by atoms with Crippen molar-refractivity contribution < 1.29 is 24.2 Å². The van der Waals surface area contributed by atoms with Crippen molar-refractivity contribution in [1.82, 2.24) is 4.98 Å². The Morgan fingerprint density at radius 2 is 1.58 bits per heavy atom. The lowest BCUT2D eigenvalue weighted by molar-refractivity contribution is 0.0593. The summed E-state index contributed by atoms with van der Waals surface area (Å²) < 4.78 is 10.1. The highest BCUT2D eigenvalue weighted by molar-refractivity contribution is 5.91. The van der Waals surface area contributed by atoms with Gasteiger partial charge in [-0.15, -0.1) is 0 Å². The van der Waals surface area contributed by atoms with Gasteiger partial charge in [-0.1, -0.05) is 51.9 Å². The second kappa shape index (κ2) is 11.4. The van der Waals surface area contributed by atoms with Crippen LogP contribution in [0.25, 0.3) is 0 Å². The van der Waals surface area contributed by atoms with E-state index in [2.05, 4.69) is 16.6 Å². The van der Waals surface area contributed by atoms with Crippen molar-refractivity contribution in [2.24, 2.45) is 0 Å². The van der Waals surface area contributed by atoms with E-state index in [0.29, 0.717) is 12.4 Å². The zero-order chi connectivity index (χ0) is 17.8. The number of aromatic nitrogens is 1. The van der Waals surface area contributed by atoms with Gasteiger partial charge in [0, 0.05) is 12.1 Å². The summed E-state index contributed by atoms with van der Waals surface area (Å²) in [4.78, 5) is 26.3. The maximum Gasteiger partial charge on any atom is 0.356 e. The molecule has 0 spiro atoms. The predicted octanol–water partition coefficient (Wildman–Crippen LogP) is 4.09. The molecule has 0 radical (unpaired) electrons. The molecule has 0 aliphatic heterocycles. The zero-order valence-electron chi connectivity index (χ0n) is 14.5. The molecule has 1 N–H and O–H groups in total. The number of carboxylic acid groups (broad SMARTS) is 1. The lowest BCUT2D eigenvalue weighted by atomic mass is 10.1. The van der Waals surface area contributed by atoms with E-state index < -0.39 is 11.9 Å². The minimum Gasteiger partial charge on any atom is -0.493 e. The fraction of sp³-hybridized carbons (Fsp3) is 0.611. The van der Waals surface area contributed by atoms with Gasteiger partial charge in [-0.3, -0.25) is 0 Å². The number of aromatic carboxylic acids is 1. The van der Waals surface area contributed by atoms with Crippen molar-refractivity contribution >= 4 is 11.9 Å². The molecule has 0 unspecified atom stereocenters. The number of methoxy groups -OCH3 is 1. The van der Waals surface area contributed by atoms with E-state index in [4.69, 9.17) is 9.84 Å². The summed E-state index contributed by atoms with van der Waals surface area (Å²) in [5.41, 5.74) is -0.299. The van der Waals surface area contributed by atoms with Crippen molar-refractivity contribution in [3.05, 3.63) is 23.5 Å². The largest absolute Gasteiger partial charge is 0.493 e. The summed E-state index contributed by atoms with van der Waals surface area (Å²) >= 11 is 0. The Labute approximate surface area is 143 Å². The predicted molar refractivity (Wildman–Crippen MR) is 90.6 cm³/mol. The number of ether oxygens (including phenoxy) is 2. The summed E-state index contributed by atoms with van der Waals surface area (Å²) in [6, 6.07) is 2.72. The summed E-state index contributed by atoms with van der Waals surface area (Å²) in [7, 11) is 1.22. The molecular formula is C18H27NO5. The van der Waals surface area contributed by atoms with E-state index in [1.807, 2.05) is 0 Å². The quantitative estimate of drug-likeness (QED) is 0.457. The molecule has 134 valence electrons. The molecule has 0 amide bonds. The summed E-state index contributed by atoms with van der Waals surface area (Å²) in [5, 5.41) is 9.05. The molecule has 0 aliphatic carbocycles.